The van der Waals surface area contributed by atoms with Crippen molar-refractivity contribution in [1.82, 2.24) is 4.31 Å². The number of rotatable bonds is 5. The molecule has 0 unspecified atom stereocenters. The number of nitrogens with zero attached hydrogens (tertiary/aromatic N) is 1. The van der Waals surface area contributed by atoms with Crippen molar-refractivity contribution >= 4 is 26.0 Å². The first-order chi connectivity index (χ1) is 7.97. The molecule has 17 heavy (non-hydrogen) atoms. The van der Waals surface area contributed by atoms with Crippen molar-refractivity contribution in [2.45, 2.75) is 11.9 Å². The second kappa shape index (κ2) is 5.06. The molecular formula is C11H14BrNO3S. The highest BCUT2D eigenvalue weighted by Gasteiger charge is 2.29. The van der Waals surface area contributed by atoms with Gasteiger partial charge in [-0.05, 0) is 17.7 Å². The zero-order valence-electron chi connectivity index (χ0n) is 9.47. The zero-order chi connectivity index (χ0) is 12.5. The minimum atomic E-state index is -3.24. The summed E-state index contributed by atoms with van der Waals surface area (Å²) < 4.78 is 31.4. The lowest BCUT2D eigenvalue weighted by Gasteiger charge is -2.15. The quantitative estimate of drug-likeness (QED) is 0.775. The van der Waals surface area contributed by atoms with Gasteiger partial charge >= 0.3 is 0 Å². The Kier molecular flexibility index (Phi) is 3.87. The molecule has 2 rings (SSSR count). The van der Waals surface area contributed by atoms with E-state index in [4.69, 9.17) is 4.74 Å². The van der Waals surface area contributed by atoms with Crippen LogP contribution in [-0.4, -0.2) is 39.0 Å². The van der Waals surface area contributed by atoms with Gasteiger partial charge in [0, 0.05) is 18.1 Å². The Hall–Kier alpha value is -0.430. The van der Waals surface area contributed by atoms with Crippen LogP contribution in [-0.2, 0) is 20.5 Å². The van der Waals surface area contributed by atoms with Crippen LogP contribution in [0.15, 0.2) is 28.7 Å². The Balaban J connectivity index is 2.02. The Bertz CT molecular complexity index is 482. The van der Waals surface area contributed by atoms with Gasteiger partial charge in [0.25, 0.3) is 0 Å². The van der Waals surface area contributed by atoms with Crippen molar-refractivity contribution in [3.63, 3.8) is 0 Å². The normalized spacial score (nSPS) is 19.6. The van der Waals surface area contributed by atoms with E-state index in [1.165, 1.54) is 4.31 Å². The molecule has 0 aliphatic carbocycles. The average Bonchev–Trinajstić information content (AvgIpc) is 3.05. The number of ether oxygens (including phenoxy) is 1. The molecule has 0 bridgehead atoms. The third-order valence-corrected chi connectivity index (χ3v) is 4.93. The summed E-state index contributed by atoms with van der Waals surface area (Å²) in [5.41, 5.74) is 0.789. The van der Waals surface area contributed by atoms with Crippen molar-refractivity contribution in [3.05, 3.63) is 34.3 Å². The highest BCUT2D eigenvalue weighted by molar-refractivity contribution is 9.10. The number of sulfonamides is 1. The van der Waals surface area contributed by atoms with Crippen LogP contribution in [0, 0.1) is 0 Å². The lowest BCUT2D eigenvalue weighted by molar-refractivity contribution is 0.359. The van der Waals surface area contributed by atoms with Crippen LogP contribution in [0.4, 0.5) is 0 Å². The van der Waals surface area contributed by atoms with E-state index in [1.54, 1.807) is 7.05 Å². The molecular weight excluding hydrogens is 306 g/mol. The van der Waals surface area contributed by atoms with Crippen molar-refractivity contribution in [2.24, 2.45) is 0 Å². The topological polar surface area (TPSA) is 49.9 Å². The first-order valence-electron chi connectivity index (χ1n) is 5.27. The summed E-state index contributed by atoms with van der Waals surface area (Å²) in [5, 5.41) is 0. The first-order valence-corrected chi connectivity index (χ1v) is 7.67. The number of halogens is 1. The minimum Gasteiger partial charge on any atom is -0.372 e. The molecule has 1 aromatic rings. The van der Waals surface area contributed by atoms with Crippen molar-refractivity contribution < 1.29 is 13.2 Å². The van der Waals surface area contributed by atoms with E-state index in [-0.39, 0.29) is 11.9 Å². The van der Waals surface area contributed by atoms with Gasteiger partial charge in [-0.3, -0.25) is 0 Å². The van der Waals surface area contributed by atoms with E-state index < -0.39 is 10.0 Å². The maximum Gasteiger partial charge on any atom is 0.218 e. The number of benzene rings is 1. The predicted molar refractivity (Wildman–Crippen MR) is 69.1 cm³/mol. The molecule has 0 aromatic heterocycles. The maximum atomic E-state index is 12.0. The van der Waals surface area contributed by atoms with Crippen molar-refractivity contribution in [1.29, 1.82) is 0 Å². The lowest BCUT2D eigenvalue weighted by atomic mass is 10.2. The molecule has 1 aliphatic heterocycles. The van der Waals surface area contributed by atoms with E-state index in [1.807, 2.05) is 24.3 Å². The maximum absolute atomic E-state index is 12.0. The van der Waals surface area contributed by atoms with Gasteiger partial charge in [-0.2, -0.15) is 0 Å². The van der Waals surface area contributed by atoms with Crippen molar-refractivity contribution in [2.75, 3.05) is 20.2 Å². The standard InChI is InChI=1S/C11H14BrNO3S/c1-13(6-11-7-16-11)17(14,15)8-9-2-4-10(12)5-3-9/h2-5,11H,6-8H2,1H3/t11-/m0/s1. The van der Waals surface area contributed by atoms with Crippen LogP contribution < -0.4 is 0 Å². The van der Waals surface area contributed by atoms with Crippen LogP contribution >= 0.6 is 15.9 Å². The highest BCUT2D eigenvalue weighted by atomic mass is 79.9. The molecule has 1 fully saturated rings. The summed E-state index contributed by atoms with van der Waals surface area (Å²) in [4.78, 5) is 0. The fourth-order valence-electron chi connectivity index (χ4n) is 1.48. The molecule has 0 radical (unpaired) electrons. The average molecular weight is 320 g/mol. The van der Waals surface area contributed by atoms with Crippen LogP contribution in [0.1, 0.15) is 5.56 Å². The number of hydrogen-bond donors (Lipinski definition) is 0. The molecule has 1 saturated heterocycles. The molecule has 6 heteroatoms. The van der Waals surface area contributed by atoms with Gasteiger partial charge in [0.1, 0.15) is 0 Å². The molecule has 94 valence electrons. The Morgan fingerprint density at radius 2 is 2.00 bits per heavy atom. The molecule has 1 atom stereocenters. The molecule has 1 aromatic carbocycles. The van der Waals surface area contributed by atoms with Gasteiger partial charge < -0.3 is 4.74 Å². The highest BCUT2D eigenvalue weighted by Crippen LogP contribution is 2.16. The van der Waals surface area contributed by atoms with E-state index in [0.29, 0.717) is 13.2 Å². The predicted octanol–water partition coefficient (Wildman–Crippen LogP) is 1.61. The molecule has 4 nitrogen and oxygen atoms in total. The molecule has 0 N–H and O–H groups in total. The summed E-state index contributed by atoms with van der Waals surface area (Å²) in [5.74, 6) is 0.0312. The van der Waals surface area contributed by atoms with Crippen LogP contribution in [0.5, 0.6) is 0 Å². The van der Waals surface area contributed by atoms with Gasteiger partial charge in [0.2, 0.25) is 10.0 Å². The Morgan fingerprint density at radius 3 is 2.53 bits per heavy atom. The van der Waals surface area contributed by atoms with Crippen molar-refractivity contribution in [3.8, 4) is 0 Å². The van der Waals surface area contributed by atoms with Gasteiger partial charge in [-0.25, -0.2) is 12.7 Å². The lowest BCUT2D eigenvalue weighted by Crippen LogP contribution is -2.31. The molecule has 1 aliphatic rings. The van der Waals surface area contributed by atoms with Crippen LogP contribution in [0.2, 0.25) is 0 Å². The van der Waals surface area contributed by atoms with Crippen LogP contribution in [0.25, 0.3) is 0 Å². The Labute approximate surface area is 110 Å². The SMILES string of the molecule is CN(C[C@H]1CO1)S(=O)(=O)Cc1ccc(Br)cc1. The summed E-state index contributed by atoms with van der Waals surface area (Å²) in [7, 11) is -1.65. The smallest absolute Gasteiger partial charge is 0.218 e. The second-order valence-electron chi connectivity index (χ2n) is 4.12. The summed E-state index contributed by atoms with van der Waals surface area (Å²) in [6.45, 7) is 1.11. The van der Waals surface area contributed by atoms with E-state index in [0.717, 1.165) is 10.0 Å². The van der Waals surface area contributed by atoms with E-state index in [2.05, 4.69) is 15.9 Å². The Morgan fingerprint density at radius 1 is 1.41 bits per heavy atom. The summed E-state index contributed by atoms with van der Waals surface area (Å²) in [6, 6.07) is 7.30. The third-order valence-electron chi connectivity index (χ3n) is 2.60. The molecule has 0 amide bonds. The van der Waals surface area contributed by atoms with Gasteiger partial charge in [-0.1, -0.05) is 28.1 Å². The zero-order valence-corrected chi connectivity index (χ0v) is 11.9. The van der Waals surface area contributed by atoms with Gasteiger partial charge in [0.15, 0.2) is 0 Å². The summed E-state index contributed by atoms with van der Waals surface area (Å²) in [6.07, 6.45) is 0.0830. The van der Waals surface area contributed by atoms with E-state index in [9.17, 15) is 8.42 Å². The first kappa shape index (κ1) is 13.0. The molecule has 1 heterocycles. The van der Waals surface area contributed by atoms with Gasteiger partial charge in [-0.15, -0.1) is 0 Å². The fraction of sp³-hybridized carbons (Fsp3) is 0.455. The second-order valence-corrected chi connectivity index (χ2v) is 7.11. The van der Waals surface area contributed by atoms with Crippen LogP contribution in [0.3, 0.4) is 0 Å². The molecule has 0 spiro atoms. The molecule has 0 saturated carbocycles. The largest absolute Gasteiger partial charge is 0.372 e. The number of likely N-dealkylation sites (N-methyl/N-ethyl adjacent to an activating group) is 1. The third kappa shape index (κ3) is 3.77. The fourth-order valence-corrected chi connectivity index (χ4v) is 2.97. The number of epoxide rings is 1. The van der Waals surface area contributed by atoms with Gasteiger partial charge in [0.05, 0.1) is 18.5 Å². The summed E-state index contributed by atoms with van der Waals surface area (Å²) >= 11 is 3.32. The number of hydrogen-bond acceptors (Lipinski definition) is 3. The minimum absolute atomic E-state index is 0.0312. The monoisotopic (exact) mass is 319 g/mol. The van der Waals surface area contributed by atoms with E-state index >= 15 is 0 Å².